The Morgan fingerprint density at radius 3 is 2.74 bits per heavy atom. The molecule has 2 atom stereocenters. The van der Waals surface area contributed by atoms with E-state index in [0.29, 0.717) is 31.1 Å². The molecule has 6 heteroatoms. The van der Waals surface area contributed by atoms with Crippen LogP contribution in [0.1, 0.15) is 44.2 Å². The fourth-order valence-corrected chi connectivity index (χ4v) is 5.43. The molecule has 1 amide bonds. The molecule has 0 saturated carbocycles. The summed E-state index contributed by atoms with van der Waals surface area (Å²) in [5, 5.41) is 3.47. The van der Waals surface area contributed by atoms with Gasteiger partial charge in [0.15, 0.2) is 0 Å². The SMILES string of the molecule is CCCN(C(C)Cc1ccc2c(c1)OCC2)C(C(=O)N1CCOCC1)C1CCNCC1. The van der Waals surface area contributed by atoms with Crippen molar-refractivity contribution in [2.75, 3.05) is 52.5 Å². The predicted octanol–water partition coefficient (Wildman–Crippen LogP) is 2.49. The second kappa shape index (κ2) is 10.8. The van der Waals surface area contributed by atoms with E-state index in [1.807, 2.05) is 0 Å². The van der Waals surface area contributed by atoms with Crippen molar-refractivity contribution in [3.8, 4) is 5.75 Å². The van der Waals surface area contributed by atoms with Crippen LogP contribution in [0.4, 0.5) is 0 Å². The molecule has 3 heterocycles. The largest absolute Gasteiger partial charge is 0.493 e. The summed E-state index contributed by atoms with van der Waals surface area (Å²) in [5.41, 5.74) is 2.62. The molecule has 1 N–H and O–H groups in total. The van der Waals surface area contributed by atoms with Gasteiger partial charge in [-0.05, 0) is 75.4 Å². The summed E-state index contributed by atoms with van der Waals surface area (Å²) in [7, 11) is 0. The van der Waals surface area contributed by atoms with E-state index in [1.54, 1.807) is 0 Å². The Kier molecular flexibility index (Phi) is 7.86. The minimum atomic E-state index is -0.0409. The molecule has 2 fully saturated rings. The number of ether oxygens (including phenoxy) is 2. The number of carbonyl (C=O) groups excluding carboxylic acids is 1. The van der Waals surface area contributed by atoms with Crippen molar-refractivity contribution in [3.05, 3.63) is 29.3 Å². The van der Waals surface area contributed by atoms with Crippen LogP contribution in [-0.2, 0) is 22.4 Å². The fraction of sp³-hybridized carbons (Fsp3) is 0.720. The molecule has 2 saturated heterocycles. The van der Waals surface area contributed by atoms with E-state index in [1.165, 1.54) is 11.1 Å². The smallest absolute Gasteiger partial charge is 0.240 e. The molecule has 4 rings (SSSR count). The van der Waals surface area contributed by atoms with Gasteiger partial charge in [0.25, 0.3) is 0 Å². The van der Waals surface area contributed by atoms with Crippen molar-refractivity contribution in [1.29, 1.82) is 0 Å². The van der Waals surface area contributed by atoms with Crippen LogP contribution in [0.2, 0.25) is 0 Å². The minimum Gasteiger partial charge on any atom is -0.493 e. The Morgan fingerprint density at radius 1 is 1.23 bits per heavy atom. The summed E-state index contributed by atoms with van der Waals surface area (Å²) in [6, 6.07) is 6.94. The lowest BCUT2D eigenvalue weighted by molar-refractivity contribution is -0.145. The molecule has 3 aliphatic rings. The second-order valence-corrected chi connectivity index (χ2v) is 9.30. The molecule has 1 aromatic carbocycles. The zero-order valence-corrected chi connectivity index (χ0v) is 19.3. The number of nitrogens with one attached hydrogen (secondary N) is 1. The van der Waals surface area contributed by atoms with Crippen LogP contribution < -0.4 is 10.1 Å². The average Bonchev–Trinajstić information content (AvgIpc) is 3.28. The van der Waals surface area contributed by atoms with Crippen LogP contribution >= 0.6 is 0 Å². The third kappa shape index (κ3) is 5.41. The number of fused-ring (bicyclic) bond motifs is 1. The van der Waals surface area contributed by atoms with Crippen LogP contribution in [-0.4, -0.2) is 80.3 Å². The van der Waals surface area contributed by atoms with Crippen LogP contribution in [0.5, 0.6) is 5.75 Å². The van der Waals surface area contributed by atoms with Gasteiger partial charge in [-0.15, -0.1) is 0 Å². The lowest BCUT2D eigenvalue weighted by atomic mass is 9.86. The molecule has 172 valence electrons. The van der Waals surface area contributed by atoms with Gasteiger partial charge < -0.3 is 19.7 Å². The highest BCUT2D eigenvalue weighted by Gasteiger charge is 2.39. The van der Waals surface area contributed by atoms with E-state index in [0.717, 1.165) is 77.2 Å². The molecular weight excluding hydrogens is 390 g/mol. The van der Waals surface area contributed by atoms with Crippen LogP contribution in [0.3, 0.4) is 0 Å². The summed E-state index contributed by atoms with van der Waals surface area (Å²) < 4.78 is 11.3. The Hall–Kier alpha value is -1.63. The highest BCUT2D eigenvalue weighted by Crippen LogP contribution is 2.29. The molecule has 31 heavy (non-hydrogen) atoms. The van der Waals surface area contributed by atoms with Gasteiger partial charge in [0.2, 0.25) is 5.91 Å². The number of carbonyl (C=O) groups is 1. The number of piperidine rings is 1. The number of rotatable bonds is 8. The monoisotopic (exact) mass is 429 g/mol. The lowest BCUT2D eigenvalue weighted by Gasteiger charge is -2.43. The summed E-state index contributed by atoms with van der Waals surface area (Å²) in [6.45, 7) is 11.0. The second-order valence-electron chi connectivity index (χ2n) is 9.30. The number of amides is 1. The molecule has 0 bridgehead atoms. The quantitative estimate of drug-likeness (QED) is 0.688. The van der Waals surface area contributed by atoms with Crippen LogP contribution in [0.15, 0.2) is 18.2 Å². The standard InChI is InChI=1S/C25H39N3O3/c1-3-11-28(19(2)17-20-4-5-21-8-14-31-23(21)18-20)24(22-6-9-26-10-7-22)25(29)27-12-15-30-16-13-27/h4-5,18-19,22,24,26H,3,6-17H2,1-2H3. The Bertz CT molecular complexity index is 729. The summed E-state index contributed by atoms with van der Waals surface area (Å²) in [6.07, 6.45) is 5.14. The summed E-state index contributed by atoms with van der Waals surface area (Å²) in [4.78, 5) is 18.4. The first-order valence-electron chi connectivity index (χ1n) is 12.2. The number of hydrogen-bond donors (Lipinski definition) is 1. The predicted molar refractivity (Wildman–Crippen MR) is 123 cm³/mol. The molecule has 1 aromatic rings. The van der Waals surface area contributed by atoms with Gasteiger partial charge in [-0.1, -0.05) is 19.1 Å². The van der Waals surface area contributed by atoms with E-state index in [-0.39, 0.29) is 6.04 Å². The minimum absolute atomic E-state index is 0.0409. The molecule has 3 aliphatic heterocycles. The third-order valence-corrected chi connectivity index (χ3v) is 7.10. The lowest BCUT2D eigenvalue weighted by Crippen LogP contribution is -2.58. The van der Waals surface area contributed by atoms with Gasteiger partial charge in [0, 0.05) is 25.6 Å². The highest BCUT2D eigenvalue weighted by molar-refractivity contribution is 5.82. The topological polar surface area (TPSA) is 54.0 Å². The van der Waals surface area contributed by atoms with Gasteiger partial charge in [0.1, 0.15) is 5.75 Å². The maximum atomic E-state index is 13.8. The van der Waals surface area contributed by atoms with Crippen molar-refractivity contribution < 1.29 is 14.3 Å². The zero-order valence-electron chi connectivity index (χ0n) is 19.3. The van der Waals surface area contributed by atoms with Crippen molar-refractivity contribution >= 4 is 5.91 Å². The summed E-state index contributed by atoms with van der Waals surface area (Å²) in [5.74, 6) is 1.77. The van der Waals surface area contributed by atoms with Crippen molar-refractivity contribution in [3.63, 3.8) is 0 Å². The number of benzene rings is 1. The van der Waals surface area contributed by atoms with E-state index in [4.69, 9.17) is 9.47 Å². The van der Waals surface area contributed by atoms with Gasteiger partial charge in [-0.3, -0.25) is 9.69 Å². The Morgan fingerprint density at radius 2 is 2.00 bits per heavy atom. The molecule has 0 radical (unpaired) electrons. The first-order valence-corrected chi connectivity index (χ1v) is 12.2. The van der Waals surface area contributed by atoms with Gasteiger partial charge in [-0.2, -0.15) is 0 Å². The maximum absolute atomic E-state index is 13.8. The zero-order chi connectivity index (χ0) is 21.6. The Balaban J connectivity index is 1.54. The molecule has 2 unspecified atom stereocenters. The first-order chi connectivity index (χ1) is 15.2. The van der Waals surface area contributed by atoms with E-state index >= 15 is 0 Å². The molecule has 0 spiro atoms. The Labute approximate surface area is 187 Å². The van der Waals surface area contributed by atoms with E-state index in [2.05, 4.69) is 47.2 Å². The summed E-state index contributed by atoms with van der Waals surface area (Å²) >= 11 is 0. The van der Waals surface area contributed by atoms with Crippen molar-refractivity contribution in [2.24, 2.45) is 5.92 Å². The molecular formula is C25H39N3O3. The molecule has 6 nitrogen and oxygen atoms in total. The average molecular weight is 430 g/mol. The normalized spacial score (nSPS) is 21.6. The van der Waals surface area contributed by atoms with E-state index in [9.17, 15) is 4.79 Å². The van der Waals surface area contributed by atoms with Gasteiger partial charge in [0.05, 0.1) is 25.9 Å². The van der Waals surface area contributed by atoms with Crippen molar-refractivity contribution in [1.82, 2.24) is 15.1 Å². The van der Waals surface area contributed by atoms with Crippen LogP contribution in [0, 0.1) is 5.92 Å². The van der Waals surface area contributed by atoms with Gasteiger partial charge in [-0.25, -0.2) is 0 Å². The van der Waals surface area contributed by atoms with E-state index < -0.39 is 0 Å². The molecule has 0 aromatic heterocycles. The third-order valence-electron chi connectivity index (χ3n) is 7.10. The number of nitrogens with zero attached hydrogens (tertiary/aromatic N) is 2. The highest BCUT2D eigenvalue weighted by atomic mass is 16.5. The molecule has 0 aliphatic carbocycles. The fourth-order valence-electron chi connectivity index (χ4n) is 5.43. The van der Waals surface area contributed by atoms with Crippen LogP contribution in [0.25, 0.3) is 0 Å². The number of morpholine rings is 1. The van der Waals surface area contributed by atoms with Crippen molar-refractivity contribution in [2.45, 2.75) is 58.0 Å². The first kappa shape index (κ1) is 22.6. The van der Waals surface area contributed by atoms with Gasteiger partial charge >= 0.3 is 0 Å². The maximum Gasteiger partial charge on any atom is 0.240 e. The number of hydrogen-bond acceptors (Lipinski definition) is 5.